The number of nitrogens with one attached hydrogen (secondary N) is 1. The molecule has 3 rings (SSSR count). The molecule has 1 heterocycles. The molecule has 0 bridgehead atoms. The number of nitrogens with zero attached hydrogens (tertiary/aromatic N) is 2. The monoisotopic (exact) mass is 311 g/mol. The molecule has 3 aromatic rings. The zero-order valence-corrected chi connectivity index (χ0v) is 12.2. The Labute approximate surface area is 130 Å². The van der Waals surface area contributed by atoms with Gasteiger partial charge in [0.05, 0.1) is 23.8 Å². The van der Waals surface area contributed by atoms with Crippen molar-refractivity contribution >= 4 is 28.7 Å². The predicted octanol–water partition coefficient (Wildman–Crippen LogP) is 2.61. The van der Waals surface area contributed by atoms with E-state index in [-0.39, 0.29) is 18.3 Å². The maximum absolute atomic E-state index is 13.4. The standard InChI is InChI=1S/C16H10FN3OS/c17-13-6-2-1-4-11(13)5-3-9-18-16(21)12-7-8-14-15(10-12)20-22-19-14/h1-2,4,6-8,10H,9H2,(H,18,21). The fourth-order valence-electron chi connectivity index (χ4n) is 1.85. The van der Waals surface area contributed by atoms with Crippen LogP contribution in [0.4, 0.5) is 4.39 Å². The highest BCUT2D eigenvalue weighted by atomic mass is 32.1. The molecule has 0 saturated heterocycles. The molecule has 0 spiro atoms. The molecule has 2 aromatic carbocycles. The van der Waals surface area contributed by atoms with Gasteiger partial charge in [0.2, 0.25) is 0 Å². The molecule has 0 saturated carbocycles. The molecule has 0 aliphatic rings. The number of hydrogen-bond acceptors (Lipinski definition) is 4. The topological polar surface area (TPSA) is 54.9 Å². The van der Waals surface area contributed by atoms with Crippen molar-refractivity contribution in [3.05, 3.63) is 59.4 Å². The number of halogens is 1. The summed E-state index contributed by atoms with van der Waals surface area (Å²) in [6, 6.07) is 11.4. The third-order valence-corrected chi connectivity index (χ3v) is 3.51. The Hall–Kier alpha value is -2.78. The van der Waals surface area contributed by atoms with Crippen LogP contribution in [0.25, 0.3) is 11.0 Å². The van der Waals surface area contributed by atoms with Crippen molar-refractivity contribution in [3.63, 3.8) is 0 Å². The summed E-state index contributed by atoms with van der Waals surface area (Å²) in [4.78, 5) is 12.0. The van der Waals surface area contributed by atoms with Crippen molar-refractivity contribution in [3.8, 4) is 11.8 Å². The number of rotatable bonds is 2. The van der Waals surface area contributed by atoms with Crippen LogP contribution in [0.3, 0.4) is 0 Å². The second-order valence-electron chi connectivity index (χ2n) is 4.43. The minimum Gasteiger partial charge on any atom is -0.341 e. The maximum atomic E-state index is 13.4. The van der Waals surface area contributed by atoms with Crippen molar-refractivity contribution in [1.29, 1.82) is 0 Å². The Balaban J connectivity index is 1.64. The summed E-state index contributed by atoms with van der Waals surface area (Å²) in [5.74, 6) is 4.79. The SMILES string of the molecule is O=C(NCC#Cc1ccccc1F)c1ccc2nsnc2c1. The number of carbonyl (C=O) groups excluding carboxylic acids is 1. The molecular formula is C16H10FN3OS. The van der Waals surface area contributed by atoms with Crippen LogP contribution in [-0.4, -0.2) is 21.2 Å². The lowest BCUT2D eigenvalue weighted by Gasteiger charge is -2.00. The first kappa shape index (κ1) is 14.2. The summed E-state index contributed by atoms with van der Waals surface area (Å²) in [5.41, 5.74) is 2.26. The van der Waals surface area contributed by atoms with Crippen molar-refractivity contribution in [2.24, 2.45) is 0 Å². The van der Waals surface area contributed by atoms with E-state index >= 15 is 0 Å². The lowest BCUT2D eigenvalue weighted by molar-refractivity contribution is 0.0959. The van der Waals surface area contributed by atoms with Gasteiger partial charge in [-0.1, -0.05) is 24.0 Å². The first-order valence-corrected chi connectivity index (χ1v) is 7.21. The third kappa shape index (κ3) is 3.10. The Morgan fingerprint density at radius 3 is 2.86 bits per heavy atom. The molecule has 108 valence electrons. The van der Waals surface area contributed by atoms with Crippen molar-refractivity contribution in [1.82, 2.24) is 14.1 Å². The van der Waals surface area contributed by atoms with E-state index in [9.17, 15) is 9.18 Å². The van der Waals surface area contributed by atoms with Gasteiger partial charge in [-0.2, -0.15) is 8.75 Å². The highest BCUT2D eigenvalue weighted by Crippen LogP contribution is 2.13. The summed E-state index contributed by atoms with van der Waals surface area (Å²) >= 11 is 1.10. The molecule has 0 aliphatic carbocycles. The second-order valence-corrected chi connectivity index (χ2v) is 4.96. The minimum absolute atomic E-state index is 0.139. The Kier molecular flexibility index (Phi) is 4.08. The molecule has 1 aromatic heterocycles. The summed E-state index contributed by atoms with van der Waals surface area (Å²) in [6.07, 6.45) is 0. The van der Waals surface area contributed by atoms with Crippen LogP contribution in [0.5, 0.6) is 0 Å². The second kappa shape index (κ2) is 6.33. The van der Waals surface area contributed by atoms with Crippen LogP contribution in [0.15, 0.2) is 42.5 Å². The normalized spacial score (nSPS) is 10.0. The number of carbonyl (C=O) groups is 1. The van der Waals surface area contributed by atoms with Gasteiger partial charge in [0.1, 0.15) is 16.9 Å². The van der Waals surface area contributed by atoms with Gasteiger partial charge in [-0.25, -0.2) is 4.39 Å². The van der Waals surface area contributed by atoms with E-state index in [0.717, 1.165) is 17.2 Å². The molecule has 22 heavy (non-hydrogen) atoms. The lowest BCUT2D eigenvalue weighted by Crippen LogP contribution is -2.23. The smallest absolute Gasteiger partial charge is 0.252 e. The largest absolute Gasteiger partial charge is 0.341 e. The van der Waals surface area contributed by atoms with Crippen LogP contribution >= 0.6 is 11.7 Å². The van der Waals surface area contributed by atoms with Gasteiger partial charge in [0.15, 0.2) is 0 Å². The molecule has 0 radical (unpaired) electrons. The highest BCUT2D eigenvalue weighted by Gasteiger charge is 2.06. The van der Waals surface area contributed by atoms with Crippen molar-refractivity contribution in [2.45, 2.75) is 0 Å². The molecule has 6 heteroatoms. The number of fused-ring (bicyclic) bond motifs is 1. The summed E-state index contributed by atoms with van der Waals surface area (Å²) in [7, 11) is 0. The van der Waals surface area contributed by atoms with E-state index in [1.54, 1.807) is 36.4 Å². The van der Waals surface area contributed by atoms with Crippen LogP contribution in [0.2, 0.25) is 0 Å². The molecule has 4 nitrogen and oxygen atoms in total. The Morgan fingerprint density at radius 1 is 1.18 bits per heavy atom. The van der Waals surface area contributed by atoms with Gasteiger partial charge in [0.25, 0.3) is 5.91 Å². The fraction of sp³-hybridized carbons (Fsp3) is 0.0625. The first-order valence-electron chi connectivity index (χ1n) is 6.48. The fourth-order valence-corrected chi connectivity index (χ4v) is 2.37. The van der Waals surface area contributed by atoms with E-state index in [0.29, 0.717) is 16.6 Å². The molecular weight excluding hydrogens is 301 g/mol. The highest BCUT2D eigenvalue weighted by molar-refractivity contribution is 7.00. The minimum atomic E-state index is -0.372. The van der Waals surface area contributed by atoms with Crippen LogP contribution in [0, 0.1) is 17.7 Å². The molecule has 1 amide bonds. The molecule has 0 aliphatic heterocycles. The van der Waals surface area contributed by atoms with E-state index in [4.69, 9.17) is 0 Å². The van der Waals surface area contributed by atoms with Crippen LogP contribution in [0.1, 0.15) is 15.9 Å². The molecule has 0 fully saturated rings. The molecule has 1 N–H and O–H groups in total. The predicted molar refractivity (Wildman–Crippen MR) is 83.0 cm³/mol. The Bertz CT molecular complexity index is 895. The number of hydrogen-bond donors (Lipinski definition) is 1. The first-order chi connectivity index (χ1) is 10.7. The van der Waals surface area contributed by atoms with E-state index < -0.39 is 0 Å². The van der Waals surface area contributed by atoms with Crippen LogP contribution < -0.4 is 5.32 Å². The van der Waals surface area contributed by atoms with E-state index in [1.165, 1.54) is 6.07 Å². The number of aromatic nitrogens is 2. The zero-order chi connectivity index (χ0) is 15.4. The maximum Gasteiger partial charge on any atom is 0.252 e. The van der Waals surface area contributed by atoms with Gasteiger partial charge < -0.3 is 5.32 Å². The number of benzene rings is 2. The summed E-state index contributed by atoms with van der Waals surface area (Å²) < 4.78 is 21.5. The average Bonchev–Trinajstić information content (AvgIpc) is 3.00. The van der Waals surface area contributed by atoms with Gasteiger partial charge in [-0.15, -0.1) is 0 Å². The van der Waals surface area contributed by atoms with E-state index in [1.807, 2.05) is 0 Å². The quantitative estimate of drug-likeness (QED) is 0.740. The summed E-state index contributed by atoms with van der Waals surface area (Å²) in [6.45, 7) is 0.139. The van der Waals surface area contributed by atoms with E-state index in [2.05, 4.69) is 25.9 Å². The van der Waals surface area contributed by atoms with Crippen LogP contribution in [-0.2, 0) is 0 Å². The van der Waals surface area contributed by atoms with Gasteiger partial charge in [0, 0.05) is 5.56 Å². The number of amides is 1. The lowest BCUT2D eigenvalue weighted by atomic mass is 10.2. The Morgan fingerprint density at radius 2 is 2.00 bits per heavy atom. The van der Waals surface area contributed by atoms with Gasteiger partial charge in [-0.3, -0.25) is 4.79 Å². The average molecular weight is 311 g/mol. The van der Waals surface area contributed by atoms with Crippen molar-refractivity contribution in [2.75, 3.05) is 6.54 Å². The van der Waals surface area contributed by atoms with Crippen molar-refractivity contribution < 1.29 is 9.18 Å². The molecule has 0 atom stereocenters. The third-order valence-electron chi connectivity index (χ3n) is 2.95. The molecule has 0 unspecified atom stereocenters. The van der Waals surface area contributed by atoms with Gasteiger partial charge in [-0.05, 0) is 30.3 Å². The zero-order valence-electron chi connectivity index (χ0n) is 11.3. The summed E-state index contributed by atoms with van der Waals surface area (Å²) in [5, 5.41) is 2.67. The van der Waals surface area contributed by atoms with Gasteiger partial charge >= 0.3 is 0 Å².